The van der Waals surface area contributed by atoms with E-state index in [1.165, 1.54) is 12.1 Å². The van der Waals surface area contributed by atoms with Gasteiger partial charge in [0.25, 0.3) is 5.91 Å². The second kappa shape index (κ2) is 8.61. The highest BCUT2D eigenvalue weighted by molar-refractivity contribution is 5.92. The molecule has 1 N–H and O–H groups in total. The van der Waals surface area contributed by atoms with E-state index < -0.39 is 0 Å². The number of aromatic nitrogens is 2. The van der Waals surface area contributed by atoms with Crippen molar-refractivity contribution in [2.24, 2.45) is 7.05 Å². The second-order valence-electron chi connectivity index (χ2n) is 6.01. The number of ether oxygens (including phenoxy) is 1. The SMILES string of the molecule is Cn1nc(C(=O)NCCN2CCOCC2)cc1C#Cc1ccc(F)cc1. The standard InChI is InChI=1S/C19H21FN4O2/c1-23-17(7-4-15-2-5-16(20)6-3-15)14-18(22-23)19(25)21-8-9-24-10-12-26-13-11-24/h2-3,5-6,14H,8-13H2,1H3,(H,21,25). The van der Waals surface area contributed by atoms with Crippen LogP contribution in [0.4, 0.5) is 4.39 Å². The Morgan fingerprint density at radius 1 is 1.27 bits per heavy atom. The van der Waals surface area contributed by atoms with Gasteiger partial charge in [0, 0.05) is 44.9 Å². The number of morpholine rings is 1. The third-order valence-corrected chi connectivity index (χ3v) is 4.11. The summed E-state index contributed by atoms with van der Waals surface area (Å²) in [5.74, 6) is 5.38. The normalized spacial score (nSPS) is 14.5. The number of carbonyl (C=O) groups excluding carboxylic acids is 1. The number of carbonyl (C=O) groups is 1. The Hall–Kier alpha value is -2.69. The fourth-order valence-electron chi connectivity index (χ4n) is 2.61. The van der Waals surface area contributed by atoms with Gasteiger partial charge in [-0.2, -0.15) is 5.10 Å². The second-order valence-corrected chi connectivity index (χ2v) is 6.01. The molecule has 1 amide bonds. The summed E-state index contributed by atoms with van der Waals surface area (Å²) in [7, 11) is 1.74. The molecule has 0 radical (unpaired) electrons. The van der Waals surface area contributed by atoms with Crippen LogP contribution < -0.4 is 5.32 Å². The van der Waals surface area contributed by atoms with Crippen LogP contribution in [-0.2, 0) is 11.8 Å². The summed E-state index contributed by atoms with van der Waals surface area (Å²) in [6, 6.07) is 7.59. The Balaban J connectivity index is 1.56. The molecule has 0 spiro atoms. The van der Waals surface area contributed by atoms with Crippen LogP contribution in [0.3, 0.4) is 0 Å². The lowest BCUT2D eigenvalue weighted by atomic mass is 10.2. The minimum atomic E-state index is -0.299. The molecule has 0 saturated carbocycles. The average Bonchev–Trinajstić information content (AvgIpc) is 3.03. The molecule has 1 aliphatic rings. The highest BCUT2D eigenvalue weighted by Crippen LogP contribution is 2.04. The van der Waals surface area contributed by atoms with Crippen LogP contribution in [0.2, 0.25) is 0 Å². The third kappa shape index (κ3) is 4.91. The van der Waals surface area contributed by atoms with Gasteiger partial charge in [-0.1, -0.05) is 5.92 Å². The van der Waals surface area contributed by atoms with E-state index in [2.05, 4.69) is 27.2 Å². The van der Waals surface area contributed by atoms with Crippen LogP contribution in [-0.4, -0.2) is 60.0 Å². The minimum absolute atomic E-state index is 0.219. The lowest BCUT2D eigenvalue weighted by Crippen LogP contribution is -2.41. The Morgan fingerprint density at radius 2 is 2.00 bits per heavy atom. The molecule has 0 aliphatic carbocycles. The van der Waals surface area contributed by atoms with Crippen molar-refractivity contribution in [2.45, 2.75) is 0 Å². The monoisotopic (exact) mass is 356 g/mol. The molecule has 0 bridgehead atoms. The molecule has 2 aromatic rings. The largest absolute Gasteiger partial charge is 0.379 e. The van der Waals surface area contributed by atoms with E-state index in [0.717, 1.165) is 32.8 Å². The number of amides is 1. The quantitative estimate of drug-likeness (QED) is 0.831. The molecule has 0 atom stereocenters. The van der Waals surface area contributed by atoms with Crippen LogP contribution in [0, 0.1) is 17.7 Å². The predicted octanol–water partition coefficient (Wildman–Crippen LogP) is 1.02. The highest BCUT2D eigenvalue weighted by atomic mass is 19.1. The molecule has 2 heterocycles. The van der Waals surface area contributed by atoms with E-state index in [4.69, 9.17) is 4.74 Å². The molecule has 136 valence electrons. The molecular weight excluding hydrogens is 335 g/mol. The van der Waals surface area contributed by atoms with E-state index in [-0.39, 0.29) is 11.7 Å². The fraction of sp³-hybridized carbons (Fsp3) is 0.368. The van der Waals surface area contributed by atoms with Crippen LogP contribution in [0.5, 0.6) is 0 Å². The molecule has 1 aromatic heterocycles. The lowest BCUT2D eigenvalue weighted by molar-refractivity contribution is 0.0383. The molecule has 1 saturated heterocycles. The maximum Gasteiger partial charge on any atom is 0.271 e. The van der Waals surface area contributed by atoms with Crippen molar-refractivity contribution in [3.63, 3.8) is 0 Å². The predicted molar refractivity (Wildman–Crippen MR) is 95.2 cm³/mol. The zero-order valence-electron chi connectivity index (χ0n) is 14.7. The Morgan fingerprint density at radius 3 is 2.73 bits per heavy atom. The van der Waals surface area contributed by atoms with Crippen molar-refractivity contribution in [3.8, 4) is 11.8 Å². The molecule has 1 aliphatic heterocycles. The van der Waals surface area contributed by atoms with Gasteiger partial charge in [0.2, 0.25) is 0 Å². The van der Waals surface area contributed by atoms with E-state index in [9.17, 15) is 9.18 Å². The molecule has 3 rings (SSSR count). The van der Waals surface area contributed by atoms with Crippen molar-refractivity contribution in [2.75, 3.05) is 39.4 Å². The number of benzene rings is 1. The Kier molecular flexibility index (Phi) is 6.00. The zero-order chi connectivity index (χ0) is 18.4. The van der Waals surface area contributed by atoms with Crippen LogP contribution in [0.1, 0.15) is 21.7 Å². The molecule has 0 unspecified atom stereocenters. The summed E-state index contributed by atoms with van der Waals surface area (Å²) in [4.78, 5) is 14.5. The van der Waals surface area contributed by atoms with Crippen LogP contribution in [0.25, 0.3) is 0 Å². The number of hydrogen-bond donors (Lipinski definition) is 1. The van der Waals surface area contributed by atoms with E-state index in [1.54, 1.807) is 29.9 Å². The number of halogens is 1. The Bertz CT molecular complexity index is 814. The third-order valence-electron chi connectivity index (χ3n) is 4.11. The van der Waals surface area contributed by atoms with Crippen molar-refractivity contribution >= 4 is 5.91 Å². The van der Waals surface area contributed by atoms with Crippen molar-refractivity contribution in [1.29, 1.82) is 0 Å². The zero-order valence-corrected chi connectivity index (χ0v) is 14.7. The Labute approximate surface area is 151 Å². The first kappa shape index (κ1) is 18.1. The summed E-state index contributed by atoms with van der Waals surface area (Å²) in [5.41, 5.74) is 1.65. The first-order chi connectivity index (χ1) is 12.6. The van der Waals surface area contributed by atoms with Crippen molar-refractivity contribution in [3.05, 3.63) is 53.1 Å². The van der Waals surface area contributed by atoms with Gasteiger partial charge in [-0.15, -0.1) is 0 Å². The topological polar surface area (TPSA) is 59.4 Å². The lowest BCUT2D eigenvalue weighted by Gasteiger charge is -2.26. The average molecular weight is 356 g/mol. The number of aryl methyl sites for hydroxylation is 1. The van der Waals surface area contributed by atoms with E-state index >= 15 is 0 Å². The summed E-state index contributed by atoms with van der Waals surface area (Å²) in [5, 5.41) is 7.09. The molecular formula is C19H21FN4O2. The van der Waals surface area contributed by atoms with Gasteiger partial charge in [0.05, 0.1) is 13.2 Å². The number of rotatable bonds is 4. The number of nitrogens with one attached hydrogen (secondary N) is 1. The maximum absolute atomic E-state index is 12.9. The van der Waals surface area contributed by atoms with Gasteiger partial charge >= 0.3 is 0 Å². The molecule has 1 fully saturated rings. The summed E-state index contributed by atoms with van der Waals surface area (Å²) in [6.45, 7) is 4.62. The minimum Gasteiger partial charge on any atom is -0.379 e. The number of hydrogen-bond acceptors (Lipinski definition) is 4. The van der Waals surface area contributed by atoms with Crippen LogP contribution >= 0.6 is 0 Å². The maximum atomic E-state index is 12.9. The van der Waals surface area contributed by atoms with Crippen LogP contribution in [0.15, 0.2) is 30.3 Å². The smallest absolute Gasteiger partial charge is 0.271 e. The summed E-state index contributed by atoms with van der Waals surface area (Å²) >= 11 is 0. The summed E-state index contributed by atoms with van der Waals surface area (Å²) < 4.78 is 19.8. The van der Waals surface area contributed by atoms with Gasteiger partial charge in [0.1, 0.15) is 11.5 Å². The first-order valence-electron chi connectivity index (χ1n) is 8.52. The van der Waals surface area contributed by atoms with E-state index in [1.807, 2.05) is 0 Å². The summed E-state index contributed by atoms with van der Waals surface area (Å²) in [6.07, 6.45) is 0. The van der Waals surface area contributed by atoms with Gasteiger partial charge in [-0.25, -0.2) is 4.39 Å². The molecule has 26 heavy (non-hydrogen) atoms. The molecule has 6 nitrogen and oxygen atoms in total. The fourth-order valence-corrected chi connectivity index (χ4v) is 2.61. The first-order valence-corrected chi connectivity index (χ1v) is 8.52. The van der Waals surface area contributed by atoms with Gasteiger partial charge in [0.15, 0.2) is 5.69 Å². The van der Waals surface area contributed by atoms with Crippen molar-refractivity contribution in [1.82, 2.24) is 20.0 Å². The van der Waals surface area contributed by atoms with Gasteiger partial charge in [-0.3, -0.25) is 14.4 Å². The highest BCUT2D eigenvalue weighted by Gasteiger charge is 2.13. The molecule has 1 aromatic carbocycles. The van der Waals surface area contributed by atoms with Gasteiger partial charge in [-0.05, 0) is 30.2 Å². The number of nitrogens with zero attached hydrogens (tertiary/aromatic N) is 3. The van der Waals surface area contributed by atoms with Crippen molar-refractivity contribution < 1.29 is 13.9 Å². The van der Waals surface area contributed by atoms with Gasteiger partial charge < -0.3 is 10.1 Å². The van der Waals surface area contributed by atoms with E-state index in [0.29, 0.717) is 23.5 Å². The molecule has 7 heteroatoms.